The fourth-order valence-corrected chi connectivity index (χ4v) is 2.43. The number of aromatic nitrogens is 1. The maximum Gasteiger partial charge on any atom is 0.170 e. The Balaban J connectivity index is 2.15. The number of rotatable bonds is 6. The summed E-state index contributed by atoms with van der Waals surface area (Å²) in [5.41, 5.74) is 1.77. The second-order valence-electron chi connectivity index (χ2n) is 4.40. The first-order valence-electron chi connectivity index (χ1n) is 6.49. The molecule has 1 unspecified atom stereocenters. The van der Waals surface area contributed by atoms with Gasteiger partial charge in [-0.05, 0) is 40.0 Å². The molecule has 0 aliphatic rings. The molecule has 0 saturated heterocycles. The molecule has 0 aliphatic heterocycles. The minimum atomic E-state index is -0.514. The first-order valence-corrected chi connectivity index (χ1v) is 7.28. The van der Waals surface area contributed by atoms with Crippen LogP contribution in [0.5, 0.6) is 0 Å². The summed E-state index contributed by atoms with van der Waals surface area (Å²) in [6.45, 7) is 2.39. The van der Waals surface area contributed by atoms with Crippen LogP contribution in [0, 0.1) is 0 Å². The molecule has 4 heteroatoms. The van der Waals surface area contributed by atoms with Crippen LogP contribution in [0.1, 0.15) is 24.2 Å². The third-order valence-corrected chi connectivity index (χ3v) is 3.30. The highest BCUT2D eigenvalue weighted by atomic mass is 79.9. The Morgan fingerprint density at radius 3 is 2.70 bits per heavy atom. The van der Waals surface area contributed by atoms with E-state index >= 15 is 0 Å². The number of pyridine rings is 1. The number of carbonyl (C=O) groups excluding carboxylic acids is 1. The zero-order valence-corrected chi connectivity index (χ0v) is 12.8. The Labute approximate surface area is 127 Å². The quantitative estimate of drug-likeness (QED) is 0.808. The van der Waals surface area contributed by atoms with E-state index in [-0.39, 0.29) is 5.78 Å². The van der Waals surface area contributed by atoms with Gasteiger partial charge < -0.3 is 4.74 Å². The predicted molar refractivity (Wildman–Crippen MR) is 81.5 cm³/mol. The molecule has 0 N–H and O–H groups in total. The number of Topliss-reactive ketones (excluding diaryl/α,β-unsaturated/α-hetero) is 1. The summed E-state index contributed by atoms with van der Waals surface area (Å²) in [6, 6.07) is 11.5. The molecule has 2 aromatic rings. The molecule has 0 bridgehead atoms. The molecule has 0 fully saturated rings. The van der Waals surface area contributed by atoms with Crippen LogP contribution >= 0.6 is 15.9 Å². The van der Waals surface area contributed by atoms with Gasteiger partial charge in [0.05, 0.1) is 0 Å². The molecule has 20 heavy (non-hydrogen) atoms. The minimum Gasteiger partial charge on any atom is -0.366 e. The summed E-state index contributed by atoms with van der Waals surface area (Å²) in [6.07, 6.45) is 3.20. The highest BCUT2D eigenvalue weighted by Crippen LogP contribution is 2.21. The van der Waals surface area contributed by atoms with Gasteiger partial charge in [0, 0.05) is 29.9 Å². The van der Waals surface area contributed by atoms with Gasteiger partial charge in [0.15, 0.2) is 5.78 Å². The number of halogens is 1. The number of hydrogen-bond acceptors (Lipinski definition) is 3. The maximum absolute atomic E-state index is 12.4. The normalized spacial score (nSPS) is 12.1. The van der Waals surface area contributed by atoms with Gasteiger partial charge >= 0.3 is 0 Å². The van der Waals surface area contributed by atoms with Gasteiger partial charge in [-0.1, -0.05) is 30.3 Å². The van der Waals surface area contributed by atoms with Crippen molar-refractivity contribution in [1.29, 1.82) is 0 Å². The average molecular weight is 334 g/mol. The lowest BCUT2D eigenvalue weighted by Crippen LogP contribution is -2.18. The van der Waals surface area contributed by atoms with Gasteiger partial charge in [0.1, 0.15) is 6.10 Å². The molecule has 1 aromatic carbocycles. The Morgan fingerprint density at radius 1 is 1.30 bits per heavy atom. The van der Waals surface area contributed by atoms with Gasteiger partial charge in [-0.2, -0.15) is 0 Å². The SMILES string of the molecule is CCOC(C(=O)Cc1cncc(Br)c1)c1ccccc1. The zero-order chi connectivity index (χ0) is 14.4. The molecular formula is C16H16BrNO2. The lowest BCUT2D eigenvalue weighted by molar-refractivity contribution is -0.130. The van der Waals surface area contributed by atoms with Crippen molar-refractivity contribution in [1.82, 2.24) is 4.98 Å². The van der Waals surface area contributed by atoms with Crippen LogP contribution in [0.2, 0.25) is 0 Å². The first-order chi connectivity index (χ1) is 9.70. The third kappa shape index (κ3) is 3.99. The molecule has 104 valence electrons. The van der Waals surface area contributed by atoms with Crippen molar-refractivity contribution in [2.24, 2.45) is 0 Å². The third-order valence-electron chi connectivity index (χ3n) is 2.87. The van der Waals surface area contributed by atoms with Gasteiger partial charge in [0.25, 0.3) is 0 Å². The van der Waals surface area contributed by atoms with Crippen LogP contribution in [-0.2, 0) is 16.0 Å². The van der Waals surface area contributed by atoms with Crippen molar-refractivity contribution < 1.29 is 9.53 Å². The molecule has 1 aromatic heterocycles. The number of carbonyl (C=O) groups is 1. The molecule has 0 amide bonds. The molecule has 1 atom stereocenters. The van der Waals surface area contributed by atoms with E-state index in [4.69, 9.17) is 4.74 Å². The minimum absolute atomic E-state index is 0.0398. The fraction of sp³-hybridized carbons (Fsp3) is 0.250. The van der Waals surface area contributed by atoms with Crippen molar-refractivity contribution in [3.63, 3.8) is 0 Å². The highest BCUT2D eigenvalue weighted by Gasteiger charge is 2.20. The van der Waals surface area contributed by atoms with E-state index in [0.29, 0.717) is 13.0 Å². The Bertz CT molecular complexity index is 572. The monoisotopic (exact) mass is 333 g/mol. The Kier molecular flexibility index (Phi) is 5.44. The summed E-state index contributed by atoms with van der Waals surface area (Å²) < 4.78 is 6.48. The van der Waals surface area contributed by atoms with Crippen molar-refractivity contribution >= 4 is 21.7 Å². The van der Waals surface area contributed by atoms with Crippen LogP contribution in [0.25, 0.3) is 0 Å². The van der Waals surface area contributed by atoms with Gasteiger partial charge in [0.2, 0.25) is 0 Å². The number of hydrogen-bond donors (Lipinski definition) is 0. The average Bonchev–Trinajstić information content (AvgIpc) is 2.45. The summed E-state index contributed by atoms with van der Waals surface area (Å²) >= 11 is 3.36. The summed E-state index contributed by atoms with van der Waals surface area (Å²) in [7, 11) is 0. The predicted octanol–water partition coefficient (Wildman–Crippen LogP) is 3.73. The van der Waals surface area contributed by atoms with E-state index in [1.165, 1.54) is 0 Å². The summed E-state index contributed by atoms with van der Waals surface area (Å²) in [5.74, 6) is 0.0398. The summed E-state index contributed by atoms with van der Waals surface area (Å²) in [5, 5.41) is 0. The van der Waals surface area contributed by atoms with E-state index in [0.717, 1.165) is 15.6 Å². The summed E-state index contributed by atoms with van der Waals surface area (Å²) in [4.78, 5) is 16.5. The molecule has 0 saturated carbocycles. The van der Waals surface area contributed by atoms with Crippen LogP contribution in [0.3, 0.4) is 0 Å². The Morgan fingerprint density at radius 2 is 2.05 bits per heavy atom. The molecule has 0 aliphatic carbocycles. The van der Waals surface area contributed by atoms with E-state index in [1.807, 2.05) is 43.3 Å². The second-order valence-corrected chi connectivity index (χ2v) is 5.32. The smallest absolute Gasteiger partial charge is 0.170 e. The van der Waals surface area contributed by atoms with Crippen LogP contribution in [-0.4, -0.2) is 17.4 Å². The molecule has 0 spiro atoms. The maximum atomic E-state index is 12.4. The largest absolute Gasteiger partial charge is 0.366 e. The van der Waals surface area contributed by atoms with Crippen molar-refractivity contribution in [3.8, 4) is 0 Å². The lowest BCUT2D eigenvalue weighted by atomic mass is 10.0. The van der Waals surface area contributed by atoms with Crippen molar-refractivity contribution in [3.05, 3.63) is 64.4 Å². The molecule has 3 nitrogen and oxygen atoms in total. The van der Waals surface area contributed by atoms with Crippen molar-refractivity contribution in [2.45, 2.75) is 19.4 Å². The standard InChI is InChI=1S/C16H16BrNO2/c1-2-20-16(13-6-4-3-5-7-13)15(19)9-12-8-14(17)11-18-10-12/h3-8,10-11,16H,2,9H2,1H3. The van der Waals surface area contributed by atoms with E-state index in [2.05, 4.69) is 20.9 Å². The zero-order valence-electron chi connectivity index (χ0n) is 11.3. The van der Waals surface area contributed by atoms with Gasteiger partial charge in [-0.25, -0.2) is 0 Å². The van der Waals surface area contributed by atoms with Gasteiger partial charge in [-0.15, -0.1) is 0 Å². The number of ketones is 1. The number of benzene rings is 1. The molecule has 1 heterocycles. The van der Waals surface area contributed by atoms with Crippen LogP contribution in [0.15, 0.2) is 53.3 Å². The molecular weight excluding hydrogens is 318 g/mol. The Hall–Kier alpha value is -1.52. The second kappa shape index (κ2) is 7.31. The first kappa shape index (κ1) is 14.9. The topological polar surface area (TPSA) is 39.2 Å². The van der Waals surface area contributed by atoms with Crippen molar-refractivity contribution in [2.75, 3.05) is 6.61 Å². The van der Waals surface area contributed by atoms with Gasteiger partial charge in [-0.3, -0.25) is 9.78 Å². The molecule has 2 rings (SSSR count). The molecule has 0 radical (unpaired) electrons. The van der Waals surface area contributed by atoms with E-state index in [1.54, 1.807) is 12.4 Å². The lowest BCUT2D eigenvalue weighted by Gasteiger charge is -2.16. The van der Waals surface area contributed by atoms with E-state index < -0.39 is 6.10 Å². The van der Waals surface area contributed by atoms with Crippen LogP contribution < -0.4 is 0 Å². The number of nitrogens with zero attached hydrogens (tertiary/aromatic N) is 1. The van der Waals surface area contributed by atoms with E-state index in [9.17, 15) is 4.79 Å². The fourth-order valence-electron chi connectivity index (χ4n) is 2.02. The number of ether oxygens (including phenoxy) is 1. The van der Waals surface area contributed by atoms with Crippen LogP contribution in [0.4, 0.5) is 0 Å². The highest BCUT2D eigenvalue weighted by molar-refractivity contribution is 9.10.